The van der Waals surface area contributed by atoms with E-state index in [-0.39, 0.29) is 21.5 Å². The lowest BCUT2D eigenvalue weighted by molar-refractivity contribution is 0.359. The van der Waals surface area contributed by atoms with Gasteiger partial charge in [0.1, 0.15) is 11.6 Å². The number of thiazole rings is 1. The van der Waals surface area contributed by atoms with E-state index in [1.807, 2.05) is 20.8 Å². The van der Waals surface area contributed by atoms with E-state index in [1.165, 1.54) is 36.5 Å². The number of aromatic nitrogens is 3. The van der Waals surface area contributed by atoms with Gasteiger partial charge in [-0.05, 0) is 63.2 Å². The van der Waals surface area contributed by atoms with Crippen LogP contribution in [-0.2, 0) is 15.6 Å². The average molecular weight is 491 g/mol. The summed E-state index contributed by atoms with van der Waals surface area (Å²) in [4.78, 5) is 3.58. The van der Waals surface area contributed by atoms with Gasteiger partial charge in [-0.15, -0.1) is 11.3 Å². The van der Waals surface area contributed by atoms with Crippen LogP contribution in [-0.4, -0.2) is 23.2 Å². The number of anilines is 1. The third kappa shape index (κ3) is 4.88. The molecule has 172 valence electrons. The fraction of sp³-hybridized carbons (Fsp3) is 0.182. The van der Waals surface area contributed by atoms with E-state index in [4.69, 9.17) is 4.74 Å². The van der Waals surface area contributed by atoms with Gasteiger partial charge in [-0.2, -0.15) is 5.10 Å². The number of benzene rings is 2. The zero-order valence-electron chi connectivity index (χ0n) is 17.9. The zero-order valence-corrected chi connectivity index (χ0v) is 19.5. The van der Waals surface area contributed by atoms with Crippen molar-refractivity contribution < 1.29 is 21.9 Å². The molecule has 0 aliphatic carbocycles. The molecular weight excluding hydrogens is 470 g/mol. The van der Waals surface area contributed by atoms with Crippen LogP contribution in [0, 0.1) is 11.6 Å². The summed E-state index contributed by atoms with van der Waals surface area (Å²) in [5.41, 5.74) is 0.571. The van der Waals surface area contributed by atoms with Crippen molar-refractivity contribution in [3.05, 3.63) is 71.9 Å². The van der Waals surface area contributed by atoms with E-state index >= 15 is 0 Å². The Morgan fingerprint density at radius 1 is 1.03 bits per heavy atom. The molecule has 0 bridgehead atoms. The fourth-order valence-corrected chi connectivity index (χ4v) is 4.93. The molecule has 0 saturated carbocycles. The first-order valence-electron chi connectivity index (χ1n) is 9.79. The maximum Gasteiger partial charge on any atom is 0.263 e. The number of rotatable bonds is 6. The van der Waals surface area contributed by atoms with Gasteiger partial charge in [-0.25, -0.2) is 22.2 Å². The van der Waals surface area contributed by atoms with Crippen LogP contribution in [0.1, 0.15) is 20.8 Å². The van der Waals surface area contributed by atoms with E-state index in [2.05, 4.69) is 14.8 Å². The van der Waals surface area contributed by atoms with Gasteiger partial charge in [0.25, 0.3) is 10.0 Å². The van der Waals surface area contributed by atoms with Crippen LogP contribution < -0.4 is 9.46 Å². The second kappa shape index (κ2) is 8.56. The number of nitrogens with zero attached hydrogens (tertiary/aromatic N) is 3. The summed E-state index contributed by atoms with van der Waals surface area (Å²) in [6.45, 7) is 5.84. The van der Waals surface area contributed by atoms with Crippen molar-refractivity contribution in [2.45, 2.75) is 31.2 Å². The molecule has 2 aromatic heterocycles. The summed E-state index contributed by atoms with van der Waals surface area (Å²) in [5.74, 6) is -1.40. The van der Waals surface area contributed by atoms with Crippen LogP contribution in [0.25, 0.3) is 11.3 Å². The Labute approximate surface area is 193 Å². The number of nitrogens with one attached hydrogen (secondary N) is 1. The summed E-state index contributed by atoms with van der Waals surface area (Å²) in [6.07, 6.45) is 3.04. The Hall–Kier alpha value is -3.31. The van der Waals surface area contributed by atoms with Gasteiger partial charge in [-0.3, -0.25) is 9.40 Å². The van der Waals surface area contributed by atoms with Crippen molar-refractivity contribution in [1.82, 2.24) is 14.8 Å². The third-order valence-electron chi connectivity index (χ3n) is 4.58. The number of sulfonamides is 1. The highest BCUT2D eigenvalue weighted by molar-refractivity contribution is 7.93. The van der Waals surface area contributed by atoms with Gasteiger partial charge in [0.15, 0.2) is 16.7 Å². The minimum atomic E-state index is -4.03. The summed E-state index contributed by atoms with van der Waals surface area (Å²) in [5, 5.41) is 6.10. The zero-order chi connectivity index (χ0) is 23.8. The second-order valence-corrected chi connectivity index (χ2v) is 10.7. The quantitative estimate of drug-likeness (QED) is 0.378. The Morgan fingerprint density at radius 2 is 1.79 bits per heavy atom. The molecule has 0 fully saturated rings. The Bertz CT molecular complexity index is 1400. The highest BCUT2D eigenvalue weighted by Gasteiger charge is 2.22. The lowest BCUT2D eigenvalue weighted by Gasteiger charge is -2.23. The first kappa shape index (κ1) is 22.9. The van der Waals surface area contributed by atoms with Gasteiger partial charge < -0.3 is 4.74 Å². The Morgan fingerprint density at radius 3 is 2.45 bits per heavy atom. The summed E-state index contributed by atoms with van der Waals surface area (Å²) >= 11 is 1.10. The van der Waals surface area contributed by atoms with Crippen molar-refractivity contribution >= 4 is 26.5 Å². The minimum absolute atomic E-state index is 0.169. The van der Waals surface area contributed by atoms with Gasteiger partial charge in [0, 0.05) is 23.3 Å². The molecule has 0 atom stereocenters. The van der Waals surface area contributed by atoms with Crippen LogP contribution in [0.4, 0.5) is 13.9 Å². The van der Waals surface area contributed by atoms with E-state index in [9.17, 15) is 17.2 Å². The normalized spacial score (nSPS) is 12.0. The molecule has 0 saturated heterocycles. The molecule has 33 heavy (non-hydrogen) atoms. The molecule has 0 aliphatic rings. The van der Waals surface area contributed by atoms with Crippen molar-refractivity contribution in [3.63, 3.8) is 0 Å². The van der Waals surface area contributed by atoms with Crippen molar-refractivity contribution in [3.8, 4) is 22.8 Å². The van der Waals surface area contributed by atoms with Crippen molar-refractivity contribution in [2.75, 3.05) is 4.72 Å². The van der Waals surface area contributed by atoms with E-state index in [0.717, 1.165) is 17.4 Å². The number of halogens is 2. The molecule has 7 nitrogen and oxygen atoms in total. The molecule has 4 rings (SSSR count). The Kier molecular flexibility index (Phi) is 5.93. The largest absolute Gasteiger partial charge is 0.454 e. The predicted octanol–water partition coefficient (Wildman–Crippen LogP) is 5.63. The lowest BCUT2D eigenvalue weighted by Crippen LogP contribution is -2.24. The molecule has 0 spiro atoms. The van der Waals surface area contributed by atoms with Crippen LogP contribution in [0.2, 0.25) is 0 Å². The molecular formula is C22H20F2N4O3S2. The van der Waals surface area contributed by atoms with Gasteiger partial charge in [0.2, 0.25) is 0 Å². The first-order valence-corrected chi connectivity index (χ1v) is 12.1. The topological polar surface area (TPSA) is 86.1 Å². The molecule has 11 heteroatoms. The number of ether oxygens (including phenoxy) is 1. The average Bonchev–Trinajstić information content (AvgIpc) is 3.42. The van der Waals surface area contributed by atoms with Crippen LogP contribution in [0.3, 0.4) is 0 Å². The first-order chi connectivity index (χ1) is 15.5. The molecule has 4 aromatic rings. The molecule has 0 aliphatic heterocycles. The number of hydrogen-bond acceptors (Lipinski definition) is 6. The monoisotopic (exact) mass is 490 g/mol. The SMILES string of the molecule is CC(C)(C)n1nccc1-c1cc(F)ccc1Oc1ccc(S(=O)(=O)Nc2nccs2)cc1F. The second-order valence-electron chi connectivity index (χ2n) is 8.08. The van der Waals surface area contributed by atoms with E-state index < -0.39 is 27.2 Å². The lowest BCUT2D eigenvalue weighted by atomic mass is 10.1. The van der Waals surface area contributed by atoms with Gasteiger partial charge in [0.05, 0.1) is 16.1 Å². The summed E-state index contributed by atoms with van der Waals surface area (Å²) in [7, 11) is -4.03. The maximum absolute atomic E-state index is 14.8. The molecule has 0 unspecified atom stereocenters. The van der Waals surface area contributed by atoms with Gasteiger partial charge >= 0.3 is 0 Å². The summed E-state index contributed by atoms with van der Waals surface area (Å²) < 4.78 is 63.7. The highest BCUT2D eigenvalue weighted by Crippen LogP contribution is 2.37. The Balaban J connectivity index is 1.68. The van der Waals surface area contributed by atoms with Crippen molar-refractivity contribution in [1.29, 1.82) is 0 Å². The van der Waals surface area contributed by atoms with Crippen molar-refractivity contribution in [2.24, 2.45) is 0 Å². The highest BCUT2D eigenvalue weighted by atomic mass is 32.2. The maximum atomic E-state index is 14.8. The van der Waals surface area contributed by atoms with E-state index in [0.29, 0.717) is 11.3 Å². The smallest absolute Gasteiger partial charge is 0.263 e. The standard InChI is InChI=1S/C22H20F2N4O3S2/c1-22(2,3)28-18(8-9-26-28)16-12-14(23)4-6-19(16)31-20-7-5-15(13-17(20)24)33(29,30)27-21-25-10-11-32-21/h4-13H,1-3H3,(H,25,27). The molecule has 0 amide bonds. The summed E-state index contributed by atoms with van der Waals surface area (Å²) in [6, 6.07) is 8.86. The van der Waals surface area contributed by atoms with Crippen LogP contribution in [0.15, 0.2) is 65.1 Å². The van der Waals surface area contributed by atoms with Crippen LogP contribution >= 0.6 is 11.3 Å². The molecule has 2 aromatic carbocycles. The van der Waals surface area contributed by atoms with E-state index in [1.54, 1.807) is 22.3 Å². The molecule has 2 heterocycles. The molecule has 0 radical (unpaired) electrons. The number of hydrogen-bond donors (Lipinski definition) is 1. The third-order valence-corrected chi connectivity index (χ3v) is 6.74. The molecule has 1 N–H and O–H groups in total. The minimum Gasteiger partial charge on any atom is -0.454 e. The van der Waals surface area contributed by atoms with Crippen LogP contribution in [0.5, 0.6) is 11.5 Å². The predicted molar refractivity (Wildman–Crippen MR) is 122 cm³/mol. The van der Waals surface area contributed by atoms with Gasteiger partial charge in [-0.1, -0.05) is 0 Å². The fourth-order valence-electron chi connectivity index (χ4n) is 3.13.